The van der Waals surface area contributed by atoms with Crippen molar-refractivity contribution >= 4 is 34.9 Å². The van der Waals surface area contributed by atoms with Crippen molar-refractivity contribution in [3.63, 3.8) is 0 Å². The molecule has 0 radical (unpaired) electrons. The Morgan fingerprint density at radius 2 is 2.20 bits per heavy atom. The van der Waals surface area contributed by atoms with Crippen molar-refractivity contribution in [2.24, 2.45) is 5.92 Å². The van der Waals surface area contributed by atoms with Crippen molar-refractivity contribution < 1.29 is 9.90 Å². The monoisotopic (exact) mass is 247 g/mol. The lowest BCUT2D eigenvalue weighted by molar-refractivity contribution is -0.140. The standard InChI is InChI=1S/C10H11Cl2NO2/c1-6(10(14)15)5-13-8-4-2-3-7(11)9(8)12/h2-4,6,13H,5H2,1H3,(H,14,15). The van der Waals surface area contributed by atoms with Gasteiger partial charge in [0.2, 0.25) is 0 Å². The van der Waals surface area contributed by atoms with Gasteiger partial charge >= 0.3 is 5.97 Å². The summed E-state index contributed by atoms with van der Waals surface area (Å²) in [5.41, 5.74) is 0.650. The molecule has 0 aliphatic carbocycles. The van der Waals surface area contributed by atoms with Gasteiger partial charge in [-0.1, -0.05) is 36.2 Å². The lowest BCUT2D eigenvalue weighted by Crippen LogP contribution is -2.19. The van der Waals surface area contributed by atoms with Crippen LogP contribution >= 0.6 is 23.2 Å². The van der Waals surface area contributed by atoms with Crippen molar-refractivity contribution in [2.75, 3.05) is 11.9 Å². The molecular formula is C10H11Cl2NO2. The fourth-order valence-corrected chi connectivity index (χ4v) is 1.36. The van der Waals surface area contributed by atoms with Crippen LogP contribution in [0, 0.1) is 5.92 Å². The van der Waals surface area contributed by atoms with Crippen molar-refractivity contribution in [3.8, 4) is 0 Å². The first-order valence-corrected chi connectivity index (χ1v) is 5.18. The maximum absolute atomic E-state index is 10.6. The fourth-order valence-electron chi connectivity index (χ4n) is 0.991. The lowest BCUT2D eigenvalue weighted by Gasteiger charge is -2.11. The molecule has 0 fully saturated rings. The first-order valence-electron chi connectivity index (χ1n) is 4.43. The molecule has 0 heterocycles. The van der Waals surface area contributed by atoms with Gasteiger partial charge in [0, 0.05) is 6.54 Å². The highest BCUT2D eigenvalue weighted by Gasteiger charge is 2.11. The minimum absolute atomic E-state index is 0.315. The third kappa shape index (κ3) is 3.29. The average Bonchev–Trinajstić information content (AvgIpc) is 2.19. The van der Waals surface area contributed by atoms with E-state index in [2.05, 4.69) is 5.32 Å². The normalized spacial score (nSPS) is 12.2. The number of aliphatic carboxylic acids is 1. The molecule has 0 aromatic heterocycles. The van der Waals surface area contributed by atoms with Crippen LogP contribution in [0.3, 0.4) is 0 Å². The van der Waals surface area contributed by atoms with Crippen molar-refractivity contribution in [2.45, 2.75) is 6.92 Å². The minimum atomic E-state index is -0.847. The molecule has 1 rings (SSSR count). The van der Waals surface area contributed by atoms with Crippen LogP contribution in [0.25, 0.3) is 0 Å². The molecule has 0 bridgehead atoms. The van der Waals surface area contributed by atoms with Crippen molar-refractivity contribution in [1.82, 2.24) is 0 Å². The van der Waals surface area contributed by atoms with Crippen LogP contribution in [0.15, 0.2) is 18.2 Å². The third-order valence-electron chi connectivity index (χ3n) is 1.97. The number of anilines is 1. The van der Waals surface area contributed by atoms with Crippen LogP contribution in [0.5, 0.6) is 0 Å². The number of halogens is 2. The van der Waals surface area contributed by atoms with Gasteiger partial charge in [0.15, 0.2) is 0 Å². The van der Waals surface area contributed by atoms with E-state index in [4.69, 9.17) is 28.3 Å². The molecule has 0 amide bonds. The highest BCUT2D eigenvalue weighted by atomic mass is 35.5. The number of benzene rings is 1. The van der Waals surface area contributed by atoms with Crippen molar-refractivity contribution in [3.05, 3.63) is 28.2 Å². The maximum Gasteiger partial charge on any atom is 0.308 e. The summed E-state index contributed by atoms with van der Waals surface area (Å²) in [6.07, 6.45) is 0. The molecule has 0 aliphatic heterocycles. The van der Waals surface area contributed by atoms with E-state index in [0.29, 0.717) is 22.3 Å². The smallest absolute Gasteiger partial charge is 0.308 e. The van der Waals surface area contributed by atoms with Crippen molar-refractivity contribution in [1.29, 1.82) is 0 Å². The average molecular weight is 248 g/mol. The van der Waals surface area contributed by atoms with E-state index < -0.39 is 11.9 Å². The Bertz CT molecular complexity index is 368. The summed E-state index contributed by atoms with van der Waals surface area (Å²) in [7, 11) is 0. The fraction of sp³-hybridized carbons (Fsp3) is 0.300. The number of hydrogen-bond donors (Lipinski definition) is 2. The molecule has 0 saturated carbocycles. The molecule has 15 heavy (non-hydrogen) atoms. The second kappa shape index (κ2) is 5.24. The molecule has 1 aromatic rings. The van der Waals surface area contributed by atoms with E-state index in [1.165, 1.54) is 0 Å². The van der Waals surface area contributed by atoms with Gasteiger partial charge in [0.05, 0.1) is 21.7 Å². The highest BCUT2D eigenvalue weighted by Crippen LogP contribution is 2.29. The second-order valence-corrected chi connectivity index (χ2v) is 4.01. The van der Waals surface area contributed by atoms with Gasteiger partial charge in [-0.2, -0.15) is 0 Å². The van der Waals surface area contributed by atoms with Gasteiger partial charge in [-0.05, 0) is 12.1 Å². The molecule has 0 spiro atoms. The van der Waals surface area contributed by atoms with Crippen LogP contribution in [-0.4, -0.2) is 17.6 Å². The molecule has 0 saturated heterocycles. The number of nitrogens with one attached hydrogen (secondary N) is 1. The molecule has 5 heteroatoms. The summed E-state index contributed by atoms with van der Waals surface area (Å²) in [5, 5.41) is 12.5. The van der Waals surface area contributed by atoms with Crippen LogP contribution in [-0.2, 0) is 4.79 Å². The van der Waals surface area contributed by atoms with Gasteiger partial charge in [0.1, 0.15) is 0 Å². The first kappa shape index (κ1) is 12.1. The molecule has 82 valence electrons. The van der Waals surface area contributed by atoms with E-state index in [1.54, 1.807) is 25.1 Å². The second-order valence-electron chi connectivity index (χ2n) is 3.22. The number of rotatable bonds is 4. The summed E-state index contributed by atoms with van der Waals surface area (Å²) in [4.78, 5) is 10.6. The Morgan fingerprint density at radius 1 is 1.53 bits per heavy atom. The lowest BCUT2D eigenvalue weighted by atomic mass is 10.2. The molecule has 3 nitrogen and oxygen atoms in total. The Balaban J connectivity index is 2.66. The molecule has 1 atom stereocenters. The zero-order valence-electron chi connectivity index (χ0n) is 8.13. The summed E-state index contributed by atoms with van der Waals surface area (Å²) in [6.45, 7) is 1.93. The van der Waals surface area contributed by atoms with Crippen LogP contribution < -0.4 is 5.32 Å². The minimum Gasteiger partial charge on any atom is -0.481 e. The molecule has 0 aliphatic rings. The van der Waals surface area contributed by atoms with Crippen LogP contribution in [0.4, 0.5) is 5.69 Å². The predicted molar refractivity (Wildman–Crippen MR) is 61.8 cm³/mol. The quantitative estimate of drug-likeness (QED) is 0.860. The zero-order valence-corrected chi connectivity index (χ0v) is 9.64. The van der Waals surface area contributed by atoms with Gasteiger partial charge < -0.3 is 10.4 Å². The summed E-state index contributed by atoms with van der Waals surface area (Å²) >= 11 is 11.7. The van der Waals surface area contributed by atoms with E-state index in [9.17, 15) is 4.79 Å². The zero-order chi connectivity index (χ0) is 11.4. The third-order valence-corrected chi connectivity index (χ3v) is 2.79. The Kier molecular flexibility index (Phi) is 4.24. The SMILES string of the molecule is CC(CNc1cccc(Cl)c1Cl)C(=O)O. The molecule has 1 unspecified atom stereocenters. The number of hydrogen-bond acceptors (Lipinski definition) is 2. The Morgan fingerprint density at radius 3 is 2.80 bits per heavy atom. The number of carboxylic acid groups (broad SMARTS) is 1. The Labute approximate surface area is 98.0 Å². The highest BCUT2D eigenvalue weighted by molar-refractivity contribution is 6.43. The Hall–Kier alpha value is -0.930. The molecule has 1 aromatic carbocycles. The van der Waals surface area contributed by atoms with Gasteiger partial charge in [-0.15, -0.1) is 0 Å². The number of carbonyl (C=O) groups is 1. The van der Waals surface area contributed by atoms with Gasteiger partial charge in [0.25, 0.3) is 0 Å². The summed E-state index contributed by atoms with van der Waals surface area (Å²) < 4.78 is 0. The molecular weight excluding hydrogens is 237 g/mol. The topological polar surface area (TPSA) is 49.3 Å². The molecule has 2 N–H and O–H groups in total. The predicted octanol–water partition coefficient (Wildman–Crippen LogP) is 3.13. The van der Waals surface area contributed by atoms with Crippen LogP contribution in [0.1, 0.15) is 6.92 Å². The van der Waals surface area contributed by atoms with E-state index in [1.807, 2.05) is 0 Å². The van der Waals surface area contributed by atoms with Gasteiger partial charge in [-0.3, -0.25) is 4.79 Å². The number of carboxylic acids is 1. The summed E-state index contributed by atoms with van der Waals surface area (Å²) in [5.74, 6) is -1.32. The van der Waals surface area contributed by atoms with Gasteiger partial charge in [-0.25, -0.2) is 0 Å². The van der Waals surface area contributed by atoms with E-state index in [-0.39, 0.29) is 0 Å². The maximum atomic E-state index is 10.6. The summed E-state index contributed by atoms with van der Waals surface area (Å²) in [6, 6.07) is 5.18. The van der Waals surface area contributed by atoms with E-state index >= 15 is 0 Å². The largest absolute Gasteiger partial charge is 0.481 e. The van der Waals surface area contributed by atoms with E-state index in [0.717, 1.165) is 0 Å². The van der Waals surface area contributed by atoms with Crippen LogP contribution in [0.2, 0.25) is 10.0 Å². The first-order chi connectivity index (χ1) is 7.02.